The van der Waals surface area contributed by atoms with E-state index in [1.807, 2.05) is 6.07 Å². The molecule has 2 N–H and O–H groups in total. The number of nitriles is 1. The molecule has 0 unspecified atom stereocenters. The molecular weight excluding hydrogens is 344 g/mol. The third-order valence-electron chi connectivity index (χ3n) is 5.55. The normalized spacial score (nSPS) is 23.4. The summed E-state index contributed by atoms with van der Waals surface area (Å²) in [6.07, 6.45) is 2.39. The van der Waals surface area contributed by atoms with Crippen LogP contribution >= 0.6 is 0 Å². The van der Waals surface area contributed by atoms with Crippen LogP contribution in [0.2, 0.25) is 0 Å². The molecule has 6 nitrogen and oxygen atoms in total. The molecule has 0 bridgehead atoms. The minimum absolute atomic E-state index is 0.0732. The minimum atomic E-state index is -1.00. The van der Waals surface area contributed by atoms with Crippen molar-refractivity contribution in [1.29, 1.82) is 5.26 Å². The molecule has 2 aromatic rings. The van der Waals surface area contributed by atoms with Crippen molar-refractivity contribution < 1.29 is 19.4 Å². The minimum Gasteiger partial charge on any atom is -0.489 e. The number of nitrogens with one attached hydrogen (secondary N) is 1. The second-order valence-corrected chi connectivity index (χ2v) is 7.03. The first kappa shape index (κ1) is 17.1. The smallest absolute Gasteiger partial charge is 0.335 e. The predicted octanol–water partition coefficient (Wildman–Crippen LogP) is 3.47. The number of para-hydroxylation sites is 1. The van der Waals surface area contributed by atoms with Crippen molar-refractivity contribution in [2.45, 2.75) is 37.2 Å². The van der Waals surface area contributed by atoms with E-state index in [1.54, 1.807) is 30.3 Å². The average molecular weight is 362 g/mol. The standard InChI is InChI=1S/C21H18N2O4/c22-12-14-3-1-2-4-18(14)27-15-7-9-21(10-8-15)16-11-13(19(24)25)5-6-17(16)23-20(21)26/h1-6,11,15H,7-10H2,(H,23,26)(H,24,25)/t15-,21-. The van der Waals surface area contributed by atoms with Crippen LogP contribution in [0.25, 0.3) is 0 Å². The van der Waals surface area contributed by atoms with Gasteiger partial charge in [0.1, 0.15) is 11.8 Å². The lowest BCUT2D eigenvalue weighted by Gasteiger charge is -2.36. The Balaban J connectivity index is 1.55. The Labute approximate surface area is 156 Å². The lowest BCUT2D eigenvalue weighted by Crippen LogP contribution is -2.41. The van der Waals surface area contributed by atoms with Crippen LogP contribution < -0.4 is 10.1 Å². The number of hydrogen-bond acceptors (Lipinski definition) is 4. The highest BCUT2D eigenvalue weighted by atomic mass is 16.5. The lowest BCUT2D eigenvalue weighted by molar-refractivity contribution is -0.122. The molecule has 1 aliphatic carbocycles. The van der Waals surface area contributed by atoms with Crippen LogP contribution in [0.5, 0.6) is 5.75 Å². The van der Waals surface area contributed by atoms with Gasteiger partial charge in [0.2, 0.25) is 5.91 Å². The maximum atomic E-state index is 12.7. The number of carboxylic acids is 1. The Hall–Kier alpha value is -3.33. The van der Waals surface area contributed by atoms with Crippen molar-refractivity contribution >= 4 is 17.6 Å². The van der Waals surface area contributed by atoms with Crippen molar-refractivity contribution in [2.24, 2.45) is 0 Å². The van der Waals surface area contributed by atoms with E-state index in [0.717, 1.165) is 5.56 Å². The van der Waals surface area contributed by atoms with Crippen LogP contribution in [0.3, 0.4) is 0 Å². The van der Waals surface area contributed by atoms with E-state index in [1.165, 1.54) is 6.07 Å². The zero-order chi connectivity index (χ0) is 19.0. The molecule has 0 radical (unpaired) electrons. The number of amides is 1. The van der Waals surface area contributed by atoms with Crippen LogP contribution in [-0.4, -0.2) is 23.1 Å². The molecule has 4 rings (SSSR count). The Morgan fingerprint density at radius 1 is 1.22 bits per heavy atom. The monoisotopic (exact) mass is 362 g/mol. The number of hydrogen-bond donors (Lipinski definition) is 2. The molecule has 1 fully saturated rings. The zero-order valence-electron chi connectivity index (χ0n) is 14.6. The number of carboxylic acid groups (broad SMARTS) is 1. The van der Waals surface area contributed by atoms with Gasteiger partial charge in [-0.3, -0.25) is 4.79 Å². The van der Waals surface area contributed by atoms with Gasteiger partial charge in [-0.05, 0) is 61.6 Å². The van der Waals surface area contributed by atoms with E-state index in [-0.39, 0.29) is 17.6 Å². The van der Waals surface area contributed by atoms with Gasteiger partial charge in [-0.1, -0.05) is 12.1 Å². The molecular formula is C21H18N2O4. The van der Waals surface area contributed by atoms with Gasteiger partial charge in [0.05, 0.1) is 22.6 Å². The molecule has 136 valence electrons. The summed E-state index contributed by atoms with van der Waals surface area (Å²) in [7, 11) is 0. The predicted molar refractivity (Wildman–Crippen MR) is 97.8 cm³/mol. The maximum absolute atomic E-state index is 12.7. The molecule has 0 saturated heterocycles. The second kappa shape index (κ2) is 6.44. The molecule has 1 amide bonds. The summed E-state index contributed by atoms with van der Waals surface area (Å²) < 4.78 is 6.02. The van der Waals surface area contributed by atoms with Crippen molar-refractivity contribution in [3.8, 4) is 11.8 Å². The van der Waals surface area contributed by atoms with E-state index in [4.69, 9.17) is 4.74 Å². The maximum Gasteiger partial charge on any atom is 0.335 e. The Kier molecular flexibility index (Phi) is 4.08. The highest BCUT2D eigenvalue weighted by Gasteiger charge is 2.49. The van der Waals surface area contributed by atoms with E-state index >= 15 is 0 Å². The number of nitrogens with zero attached hydrogens (tertiary/aromatic N) is 1. The lowest BCUT2D eigenvalue weighted by atomic mass is 9.69. The van der Waals surface area contributed by atoms with Crippen molar-refractivity contribution in [1.82, 2.24) is 0 Å². The fraction of sp³-hybridized carbons (Fsp3) is 0.286. The summed E-state index contributed by atoms with van der Waals surface area (Å²) in [5.74, 6) is -0.515. The van der Waals surface area contributed by atoms with Crippen LogP contribution in [0.15, 0.2) is 42.5 Å². The van der Waals surface area contributed by atoms with Gasteiger partial charge in [-0.15, -0.1) is 0 Å². The van der Waals surface area contributed by atoms with Gasteiger partial charge >= 0.3 is 5.97 Å². The Bertz CT molecular complexity index is 968. The van der Waals surface area contributed by atoms with E-state index in [2.05, 4.69) is 11.4 Å². The quantitative estimate of drug-likeness (QED) is 0.871. The number of carbonyl (C=O) groups is 2. The van der Waals surface area contributed by atoms with Crippen LogP contribution in [0, 0.1) is 11.3 Å². The number of ether oxygens (including phenoxy) is 1. The van der Waals surface area contributed by atoms with Gasteiger partial charge in [-0.25, -0.2) is 4.79 Å². The number of aromatic carboxylic acids is 1. The van der Waals surface area contributed by atoms with Crippen molar-refractivity contribution in [3.05, 3.63) is 59.2 Å². The first-order valence-electron chi connectivity index (χ1n) is 8.88. The average Bonchev–Trinajstić information content (AvgIpc) is 2.95. The van der Waals surface area contributed by atoms with Crippen LogP contribution in [0.1, 0.15) is 47.2 Å². The van der Waals surface area contributed by atoms with Gasteiger partial charge in [0, 0.05) is 5.69 Å². The number of anilines is 1. The van der Waals surface area contributed by atoms with Crippen LogP contribution in [-0.2, 0) is 10.2 Å². The fourth-order valence-electron chi connectivity index (χ4n) is 4.09. The number of benzene rings is 2. The summed E-state index contributed by atoms with van der Waals surface area (Å²) in [4.78, 5) is 24.0. The second-order valence-electron chi connectivity index (χ2n) is 7.03. The molecule has 1 saturated carbocycles. The summed E-state index contributed by atoms with van der Waals surface area (Å²) in [5, 5.41) is 21.4. The highest BCUT2D eigenvalue weighted by molar-refractivity contribution is 6.07. The Morgan fingerprint density at radius 3 is 2.67 bits per heavy atom. The number of rotatable bonds is 3. The molecule has 6 heteroatoms. The van der Waals surface area contributed by atoms with E-state index in [9.17, 15) is 20.0 Å². The molecule has 2 aliphatic rings. The van der Waals surface area contributed by atoms with E-state index in [0.29, 0.717) is 42.7 Å². The first-order valence-corrected chi connectivity index (χ1v) is 8.88. The van der Waals surface area contributed by atoms with Crippen molar-refractivity contribution in [3.63, 3.8) is 0 Å². The number of carbonyl (C=O) groups excluding carboxylic acids is 1. The molecule has 0 aromatic heterocycles. The van der Waals surface area contributed by atoms with Gasteiger partial charge < -0.3 is 15.2 Å². The topological polar surface area (TPSA) is 99.4 Å². The molecule has 1 heterocycles. The molecule has 27 heavy (non-hydrogen) atoms. The van der Waals surface area contributed by atoms with E-state index < -0.39 is 11.4 Å². The fourth-order valence-corrected chi connectivity index (χ4v) is 4.09. The molecule has 2 aromatic carbocycles. The summed E-state index contributed by atoms with van der Waals surface area (Å²) >= 11 is 0. The SMILES string of the molecule is N#Cc1ccccc1O[C@H]1CC[C@@]2(CC1)C(=O)Nc1ccc(C(=O)O)cc12. The summed E-state index contributed by atoms with van der Waals surface area (Å²) in [6.45, 7) is 0. The molecule has 0 atom stereocenters. The largest absolute Gasteiger partial charge is 0.489 e. The van der Waals surface area contributed by atoms with Gasteiger partial charge in [0.25, 0.3) is 0 Å². The van der Waals surface area contributed by atoms with Crippen molar-refractivity contribution in [2.75, 3.05) is 5.32 Å². The summed E-state index contributed by atoms with van der Waals surface area (Å²) in [5.41, 5.74) is 1.44. The highest BCUT2D eigenvalue weighted by Crippen LogP contribution is 2.48. The zero-order valence-corrected chi connectivity index (χ0v) is 14.6. The van der Waals surface area contributed by atoms with Gasteiger partial charge in [-0.2, -0.15) is 5.26 Å². The Morgan fingerprint density at radius 2 is 1.96 bits per heavy atom. The molecule has 1 spiro atoms. The van der Waals surface area contributed by atoms with Crippen LogP contribution in [0.4, 0.5) is 5.69 Å². The number of fused-ring (bicyclic) bond motifs is 2. The van der Waals surface area contributed by atoms with Gasteiger partial charge in [0.15, 0.2) is 0 Å². The molecule has 1 aliphatic heterocycles. The summed E-state index contributed by atoms with van der Waals surface area (Å²) in [6, 6.07) is 14.0. The third kappa shape index (κ3) is 2.81. The third-order valence-corrected chi connectivity index (χ3v) is 5.55. The first-order chi connectivity index (χ1) is 13.0.